The monoisotopic (exact) mass is 231 g/mol. The molecule has 1 N–H and O–H groups in total. The summed E-state index contributed by atoms with van der Waals surface area (Å²) in [4.78, 5) is 6.34. The smallest absolute Gasteiger partial charge is 0.103 e. The van der Waals surface area contributed by atoms with Crippen molar-refractivity contribution >= 4 is 5.69 Å². The molecule has 0 bridgehead atoms. The number of anilines is 1. The average molecular weight is 231 g/mol. The van der Waals surface area contributed by atoms with Crippen LogP contribution in [0.4, 0.5) is 5.69 Å². The summed E-state index contributed by atoms with van der Waals surface area (Å²) in [5.41, 5.74) is 2.60. The molecule has 0 atom stereocenters. The SMILES string of the molecule is CCC1(O)CN(c2cc(C)nc(C)c2C#N)C1. The fraction of sp³-hybridized carbons (Fsp3) is 0.538. The quantitative estimate of drug-likeness (QED) is 0.838. The van der Waals surface area contributed by atoms with Gasteiger partial charge in [0.1, 0.15) is 6.07 Å². The second kappa shape index (κ2) is 4.01. The number of aromatic nitrogens is 1. The molecule has 2 rings (SSSR count). The minimum atomic E-state index is -0.586. The predicted molar refractivity (Wildman–Crippen MR) is 65.9 cm³/mol. The first-order chi connectivity index (χ1) is 7.99. The molecule has 4 nitrogen and oxygen atoms in total. The maximum atomic E-state index is 10.0. The van der Waals surface area contributed by atoms with Gasteiger partial charge >= 0.3 is 0 Å². The molecule has 1 aliphatic heterocycles. The molecule has 0 amide bonds. The molecular weight excluding hydrogens is 214 g/mol. The molecular formula is C13H17N3O. The first-order valence-electron chi connectivity index (χ1n) is 5.85. The molecule has 1 aromatic rings. The van der Waals surface area contributed by atoms with E-state index >= 15 is 0 Å². The predicted octanol–water partition coefficient (Wildman–Crippen LogP) is 1.53. The molecule has 0 spiro atoms. The Kier molecular flexibility index (Phi) is 2.80. The summed E-state index contributed by atoms with van der Waals surface area (Å²) in [6.45, 7) is 6.94. The Morgan fingerprint density at radius 3 is 2.71 bits per heavy atom. The summed E-state index contributed by atoms with van der Waals surface area (Å²) < 4.78 is 0. The molecule has 1 aliphatic rings. The van der Waals surface area contributed by atoms with Gasteiger partial charge in [0.05, 0.1) is 22.5 Å². The molecule has 0 aromatic carbocycles. The first kappa shape index (κ1) is 11.9. The molecule has 1 fully saturated rings. The van der Waals surface area contributed by atoms with Crippen molar-refractivity contribution in [1.82, 2.24) is 4.98 Å². The second-order valence-electron chi connectivity index (χ2n) is 4.79. The van der Waals surface area contributed by atoms with Crippen molar-refractivity contribution in [2.45, 2.75) is 32.8 Å². The molecule has 1 saturated heterocycles. The average Bonchev–Trinajstić information content (AvgIpc) is 2.24. The zero-order chi connectivity index (χ0) is 12.6. The highest BCUT2D eigenvalue weighted by atomic mass is 16.3. The number of pyridine rings is 1. The number of nitrogens with zero attached hydrogens (tertiary/aromatic N) is 3. The Balaban J connectivity index is 2.32. The lowest BCUT2D eigenvalue weighted by molar-refractivity contribution is 0.00848. The number of aryl methyl sites for hydroxylation is 2. The van der Waals surface area contributed by atoms with E-state index in [1.165, 1.54) is 0 Å². The fourth-order valence-electron chi connectivity index (χ4n) is 2.25. The van der Waals surface area contributed by atoms with Gasteiger partial charge in [-0.1, -0.05) is 6.92 Å². The molecule has 1 aromatic heterocycles. The first-order valence-corrected chi connectivity index (χ1v) is 5.85. The summed E-state index contributed by atoms with van der Waals surface area (Å²) in [7, 11) is 0. The Hall–Kier alpha value is -1.60. The second-order valence-corrected chi connectivity index (χ2v) is 4.79. The van der Waals surface area contributed by atoms with E-state index in [1.54, 1.807) is 0 Å². The highest BCUT2D eigenvalue weighted by Crippen LogP contribution is 2.33. The Morgan fingerprint density at radius 1 is 1.53 bits per heavy atom. The highest BCUT2D eigenvalue weighted by molar-refractivity contribution is 5.63. The van der Waals surface area contributed by atoms with Crippen LogP contribution >= 0.6 is 0 Å². The lowest BCUT2D eigenvalue weighted by Gasteiger charge is -2.47. The molecule has 90 valence electrons. The van der Waals surface area contributed by atoms with Crippen LogP contribution in [0.3, 0.4) is 0 Å². The van der Waals surface area contributed by atoms with E-state index in [2.05, 4.69) is 11.1 Å². The number of rotatable bonds is 2. The van der Waals surface area contributed by atoms with Crippen LogP contribution in [-0.2, 0) is 0 Å². The standard InChI is InChI=1S/C13H17N3O/c1-4-13(17)7-16(8-13)12-5-9(2)15-10(3)11(12)6-14/h5,17H,4,7-8H2,1-3H3. The lowest BCUT2D eigenvalue weighted by Crippen LogP contribution is -2.61. The zero-order valence-corrected chi connectivity index (χ0v) is 10.5. The minimum absolute atomic E-state index is 0.586. The summed E-state index contributed by atoms with van der Waals surface area (Å²) in [5, 5.41) is 19.2. The fourth-order valence-corrected chi connectivity index (χ4v) is 2.25. The topological polar surface area (TPSA) is 60.1 Å². The molecule has 4 heteroatoms. The van der Waals surface area contributed by atoms with E-state index in [-0.39, 0.29) is 0 Å². The van der Waals surface area contributed by atoms with Crippen LogP contribution in [0.5, 0.6) is 0 Å². The summed E-state index contributed by atoms with van der Waals surface area (Å²) in [6.07, 6.45) is 0.744. The van der Waals surface area contributed by atoms with Crippen molar-refractivity contribution in [1.29, 1.82) is 5.26 Å². The van der Waals surface area contributed by atoms with Crippen molar-refractivity contribution < 1.29 is 5.11 Å². The van der Waals surface area contributed by atoms with Crippen LogP contribution in [0.15, 0.2) is 6.07 Å². The van der Waals surface area contributed by atoms with Crippen LogP contribution in [0, 0.1) is 25.2 Å². The van der Waals surface area contributed by atoms with Crippen molar-refractivity contribution in [2.75, 3.05) is 18.0 Å². The summed E-state index contributed by atoms with van der Waals surface area (Å²) in [6, 6.07) is 4.12. The molecule has 2 heterocycles. The van der Waals surface area contributed by atoms with Crippen molar-refractivity contribution in [3.05, 3.63) is 23.0 Å². The van der Waals surface area contributed by atoms with E-state index in [1.807, 2.05) is 31.7 Å². The van der Waals surface area contributed by atoms with Gasteiger partial charge in [0.2, 0.25) is 0 Å². The van der Waals surface area contributed by atoms with Crippen LogP contribution in [-0.4, -0.2) is 28.8 Å². The Labute approximate surface area is 102 Å². The summed E-state index contributed by atoms with van der Waals surface area (Å²) in [5.74, 6) is 0. The third-order valence-corrected chi connectivity index (χ3v) is 3.39. The van der Waals surface area contributed by atoms with E-state index in [0.29, 0.717) is 18.7 Å². The minimum Gasteiger partial charge on any atom is -0.386 e. The third kappa shape index (κ3) is 1.98. The normalized spacial score (nSPS) is 17.5. The van der Waals surface area contributed by atoms with E-state index in [0.717, 1.165) is 23.5 Å². The Morgan fingerprint density at radius 2 is 2.18 bits per heavy atom. The maximum Gasteiger partial charge on any atom is 0.103 e. The molecule has 17 heavy (non-hydrogen) atoms. The molecule has 0 saturated carbocycles. The van der Waals surface area contributed by atoms with Gasteiger partial charge in [0, 0.05) is 18.8 Å². The van der Waals surface area contributed by atoms with Crippen LogP contribution < -0.4 is 4.90 Å². The number of aliphatic hydroxyl groups is 1. The zero-order valence-electron chi connectivity index (χ0n) is 10.5. The number of hydrogen-bond donors (Lipinski definition) is 1. The van der Waals surface area contributed by atoms with Gasteiger partial charge in [-0.15, -0.1) is 0 Å². The van der Waals surface area contributed by atoms with Gasteiger partial charge in [0.15, 0.2) is 0 Å². The van der Waals surface area contributed by atoms with Crippen molar-refractivity contribution in [3.63, 3.8) is 0 Å². The van der Waals surface area contributed by atoms with Gasteiger partial charge in [-0.25, -0.2) is 0 Å². The van der Waals surface area contributed by atoms with E-state index in [9.17, 15) is 5.11 Å². The number of nitriles is 1. The van der Waals surface area contributed by atoms with Gasteiger partial charge in [-0.05, 0) is 26.3 Å². The maximum absolute atomic E-state index is 10.0. The largest absolute Gasteiger partial charge is 0.386 e. The van der Waals surface area contributed by atoms with Crippen molar-refractivity contribution in [3.8, 4) is 6.07 Å². The Bertz CT molecular complexity index is 484. The van der Waals surface area contributed by atoms with Gasteiger partial charge in [0.25, 0.3) is 0 Å². The molecule has 0 radical (unpaired) electrons. The number of β-amino-alcohol motifs (C(OH)–C–C–N with tert-alkyl or cyclic N) is 1. The van der Waals surface area contributed by atoms with E-state index < -0.39 is 5.60 Å². The third-order valence-electron chi connectivity index (χ3n) is 3.39. The van der Waals surface area contributed by atoms with Gasteiger partial charge in [-0.2, -0.15) is 5.26 Å². The highest BCUT2D eigenvalue weighted by Gasteiger charge is 2.40. The lowest BCUT2D eigenvalue weighted by atomic mass is 9.90. The van der Waals surface area contributed by atoms with Crippen LogP contribution in [0.2, 0.25) is 0 Å². The van der Waals surface area contributed by atoms with Crippen LogP contribution in [0.1, 0.15) is 30.3 Å². The van der Waals surface area contributed by atoms with Crippen LogP contribution in [0.25, 0.3) is 0 Å². The van der Waals surface area contributed by atoms with Crippen molar-refractivity contribution in [2.24, 2.45) is 0 Å². The van der Waals surface area contributed by atoms with Gasteiger partial charge in [-0.3, -0.25) is 4.98 Å². The van der Waals surface area contributed by atoms with Gasteiger partial charge < -0.3 is 10.0 Å². The van der Waals surface area contributed by atoms with E-state index in [4.69, 9.17) is 5.26 Å². The summed E-state index contributed by atoms with van der Waals surface area (Å²) >= 11 is 0. The number of hydrogen-bond acceptors (Lipinski definition) is 4. The molecule has 0 aliphatic carbocycles. The molecule has 0 unspecified atom stereocenters.